The lowest BCUT2D eigenvalue weighted by atomic mass is 10.0. The smallest absolute Gasteiger partial charge is 0.264 e. The maximum absolute atomic E-state index is 14.3. The highest BCUT2D eigenvalue weighted by Gasteiger charge is 2.34. The van der Waals surface area contributed by atoms with Crippen molar-refractivity contribution < 1.29 is 18.0 Å². The molecule has 4 aromatic rings. The minimum atomic E-state index is -4.26. The van der Waals surface area contributed by atoms with Crippen LogP contribution < -0.4 is 9.62 Å². The number of hydrogen-bond donors (Lipinski definition) is 1. The van der Waals surface area contributed by atoms with Gasteiger partial charge in [-0.2, -0.15) is 0 Å². The van der Waals surface area contributed by atoms with Gasteiger partial charge < -0.3 is 10.2 Å². The van der Waals surface area contributed by atoms with Gasteiger partial charge in [-0.25, -0.2) is 8.42 Å². The van der Waals surface area contributed by atoms with Crippen LogP contribution in [0.4, 0.5) is 5.69 Å². The molecule has 1 atom stereocenters. The number of anilines is 1. The van der Waals surface area contributed by atoms with Crippen molar-refractivity contribution in [1.82, 2.24) is 10.2 Å². The van der Waals surface area contributed by atoms with Crippen molar-refractivity contribution in [3.63, 3.8) is 0 Å². The molecule has 11 heteroatoms. The van der Waals surface area contributed by atoms with Gasteiger partial charge in [0.1, 0.15) is 12.6 Å². The number of rotatable bonds is 11. The fourth-order valence-corrected chi connectivity index (χ4v) is 6.47. The number of carbonyl (C=O) groups is 2. The van der Waals surface area contributed by atoms with E-state index in [-0.39, 0.29) is 33.6 Å². The Kier molecular flexibility index (Phi) is 10.7. The summed E-state index contributed by atoms with van der Waals surface area (Å²) < 4.78 is 29.1. The van der Waals surface area contributed by atoms with Crippen LogP contribution in [-0.2, 0) is 32.6 Å². The second kappa shape index (κ2) is 14.3. The number of nitrogens with zero attached hydrogens (tertiary/aromatic N) is 2. The molecule has 224 valence electrons. The summed E-state index contributed by atoms with van der Waals surface area (Å²) in [4.78, 5) is 29.0. The van der Waals surface area contributed by atoms with Crippen LogP contribution in [0.2, 0.25) is 15.1 Å². The molecular weight excluding hydrogens is 629 g/mol. The van der Waals surface area contributed by atoms with E-state index in [0.717, 1.165) is 15.4 Å². The molecule has 0 aliphatic heterocycles. The fourth-order valence-electron chi connectivity index (χ4n) is 4.56. The Hall–Kier alpha value is -3.56. The maximum Gasteiger partial charge on any atom is 0.264 e. The SMILES string of the molecule is CNC(=O)[C@@H](Cc1ccccc1)N(Cc1cccc(Cl)c1)C(=O)CN(c1ccc(Cl)c(Cl)c1)S(=O)(=O)c1ccc(C)cc1. The third-order valence-electron chi connectivity index (χ3n) is 6.84. The zero-order valence-corrected chi connectivity index (χ0v) is 26.6. The summed E-state index contributed by atoms with van der Waals surface area (Å²) in [6.45, 7) is 1.23. The molecule has 0 saturated heterocycles. The van der Waals surface area contributed by atoms with Crippen LogP contribution in [-0.4, -0.2) is 44.8 Å². The number of aryl methyl sites for hydroxylation is 1. The number of sulfonamides is 1. The topological polar surface area (TPSA) is 86.8 Å². The summed E-state index contributed by atoms with van der Waals surface area (Å²) in [6, 6.07) is 25.9. The second-order valence-corrected chi connectivity index (χ2v) is 13.0. The van der Waals surface area contributed by atoms with Crippen molar-refractivity contribution in [2.75, 3.05) is 17.9 Å². The van der Waals surface area contributed by atoms with E-state index in [0.29, 0.717) is 10.6 Å². The monoisotopic (exact) mass is 657 g/mol. The Bertz CT molecular complexity index is 1700. The Morgan fingerprint density at radius 2 is 1.49 bits per heavy atom. The minimum absolute atomic E-state index is 0.00407. The molecule has 4 rings (SSSR count). The molecular formula is C32H30Cl3N3O4S. The van der Waals surface area contributed by atoms with E-state index in [2.05, 4.69) is 5.32 Å². The van der Waals surface area contributed by atoms with E-state index in [1.807, 2.05) is 37.3 Å². The molecule has 0 bridgehead atoms. The normalized spacial score (nSPS) is 11.9. The van der Waals surface area contributed by atoms with Gasteiger partial charge in [-0.15, -0.1) is 0 Å². The van der Waals surface area contributed by atoms with Crippen LogP contribution >= 0.6 is 34.8 Å². The molecule has 7 nitrogen and oxygen atoms in total. The lowest BCUT2D eigenvalue weighted by Crippen LogP contribution is -2.53. The third kappa shape index (κ3) is 8.09. The van der Waals surface area contributed by atoms with Crippen molar-refractivity contribution in [3.05, 3.63) is 129 Å². The highest BCUT2D eigenvalue weighted by molar-refractivity contribution is 7.92. The van der Waals surface area contributed by atoms with Gasteiger partial charge in [-0.05, 0) is 60.5 Å². The molecule has 0 saturated carbocycles. The van der Waals surface area contributed by atoms with Gasteiger partial charge in [0.05, 0.1) is 20.6 Å². The van der Waals surface area contributed by atoms with Gasteiger partial charge in [-0.3, -0.25) is 13.9 Å². The lowest BCUT2D eigenvalue weighted by molar-refractivity contribution is -0.139. The average molecular weight is 659 g/mol. The number of likely N-dealkylation sites (N-methyl/N-ethyl adjacent to an activating group) is 1. The van der Waals surface area contributed by atoms with Crippen molar-refractivity contribution in [2.45, 2.75) is 30.8 Å². The summed E-state index contributed by atoms with van der Waals surface area (Å²) in [6.07, 6.45) is 0.199. The largest absolute Gasteiger partial charge is 0.357 e. The molecule has 0 radical (unpaired) electrons. The zero-order valence-electron chi connectivity index (χ0n) is 23.5. The van der Waals surface area contributed by atoms with Gasteiger partial charge in [-0.1, -0.05) is 95.0 Å². The number of carbonyl (C=O) groups excluding carboxylic acids is 2. The Morgan fingerprint density at radius 3 is 2.12 bits per heavy atom. The Labute approximate surface area is 267 Å². The van der Waals surface area contributed by atoms with Crippen molar-refractivity contribution in [1.29, 1.82) is 0 Å². The molecule has 1 N–H and O–H groups in total. The van der Waals surface area contributed by atoms with Crippen LogP contribution in [0.1, 0.15) is 16.7 Å². The summed E-state index contributed by atoms with van der Waals surface area (Å²) in [5.41, 5.74) is 2.52. The first-order valence-corrected chi connectivity index (χ1v) is 15.9. The van der Waals surface area contributed by atoms with E-state index in [1.165, 1.54) is 42.3 Å². The number of halogens is 3. The van der Waals surface area contributed by atoms with E-state index in [4.69, 9.17) is 34.8 Å². The zero-order chi connectivity index (χ0) is 31.1. The van der Waals surface area contributed by atoms with Crippen LogP contribution in [0.25, 0.3) is 0 Å². The molecule has 0 heterocycles. The number of amides is 2. The molecule has 4 aromatic carbocycles. The molecule has 0 spiro atoms. The third-order valence-corrected chi connectivity index (χ3v) is 9.60. The molecule has 0 aliphatic carbocycles. The molecule has 0 aromatic heterocycles. The number of benzene rings is 4. The van der Waals surface area contributed by atoms with Gasteiger partial charge in [0.25, 0.3) is 10.0 Å². The van der Waals surface area contributed by atoms with Gasteiger partial charge >= 0.3 is 0 Å². The van der Waals surface area contributed by atoms with E-state index in [1.54, 1.807) is 36.4 Å². The number of hydrogen-bond acceptors (Lipinski definition) is 4. The molecule has 0 fully saturated rings. The molecule has 2 amide bonds. The van der Waals surface area contributed by atoms with Crippen LogP contribution in [0, 0.1) is 6.92 Å². The standard InChI is InChI=1S/C32H30Cl3N3O4S/c1-22-11-14-27(15-12-22)43(41,42)38(26-13-16-28(34)29(35)19-26)21-31(39)37(20-24-9-6-10-25(33)17-24)30(32(40)36-2)18-23-7-4-3-5-8-23/h3-17,19,30H,18,20-21H2,1-2H3,(H,36,40)/t30-/m1/s1. The van der Waals surface area contributed by atoms with E-state index in [9.17, 15) is 18.0 Å². The quantitative estimate of drug-likeness (QED) is 0.198. The molecule has 43 heavy (non-hydrogen) atoms. The van der Waals surface area contributed by atoms with Crippen LogP contribution in [0.3, 0.4) is 0 Å². The average Bonchev–Trinajstić information content (AvgIpc) is 2.99. The van der Waals surface area contributed by atoms with Gasteiger partial charge in [0.2, 0.25) is 11.8 Å². The predicted molar refractivity (Wildman–Crippen MR) is 172 cm³/mol. The summed E-state index contributed by atoms with van der Waals surface area (Å²) >= 11 is 18.7. The summed E-state index contributed by atoms with van der Waals surface area (Å²) in [5, 5.41) is 3.47. The van der Waals surface area contributed by atoms with E-state index >= 15 is 0 Å². The highest BCUT2D eigenvalue weighted by Crippen LogP contribution is 2.31. The summed E-state index contributed by atoms with van der Waals surface area (Å²) in [7, 11) is -2.76. The highest BCUT2D eigenvalue weighted by atomic mass is 35.5. The lowest BCUT2D eigenvalue weighted by Gasteiger charge is -2.33. The first-order valence-electron chi connectivity index (χ1n) is 13.3. The first kappa shape index (κ1) is 32.4. The fraction of sp³-hybridized carbons (Fsp3) is 0.188. The molecule has 0 unspecified atom stereocenters. The van der Waals surface area contributed by atoms with Crippen molar-refractivity contribution in [3.8, 4) is 0 Å². The Balaban J connectivity index is 1.80. The van der Waals surface area contributed by atoms with Crippen LogP contribution in [0.15, 0.2) is 102 Å². The van der Waals surface area contributed by atoms with Gasteiger partial charge in [0.15, 0.2) is 0 Å². The number of nitrogens with one attached hydrogen (secondary N) is 1. The second-order valence-electron chi connectivity index (χ2n) is 9.89. The van der Waals surface area contributed by atoms with Gasteiger partial charge in [0, 0.05) is 25.0 Å². The van der Waals surface area contributed by atoms with Crippen LogP contribution in [0.5, 0.6) is 0 Å². The Morgan fingerprint density at radius 1 is 0.814 bits per heavy atom. The first-order chi connectivity index (χ1) is 20.5. The van der Waals surface area contributed by atoms with E-state index < -0.39 is 34.4 Å². The van der Waals surface area contributed by atoms with Crippen molar-refractivity contribution in [2.24, 2.45) is 0 Å². The maximum atomic E-state index is 14.3. The predicted octanol–water partition coefficient (Wildman–Crippen LogP) is 6.54. The summed E-state index contributed by atoms with van der Waals surface area (Å²) in [5.74, 6) is -1.01. The minimum Gasteiger partial charge on any atom is -0.357 e. The molecule has 0 aliphatic rings. The van der Waals surface area contributed by atoms with Crippen molar-refractivity contribution >= 4 is 62.3 Å².